The van der Waals surface area contributed by atoms with Crippen LogP contribution in [0, 0.1) is 5.41 Å². The van der Waals surface area contributed by atoms with Gasteiger partial charge in [-0.3, -0.25) is 14.6 Å². The lowest BCUT2D eigenvalue weighted by Gasteiger charge is -2.42. The second-order valence-corrected chi connectivity index (χ2v) is 11.0. The summed E-state index contributed by atoms with van der Waals surface area (Å²) in [7, 11) is 3.06. The zero-order valence-corrected chi connectivity index (χ0v) is 24.2. The summed E-state index contributed by atoms with van der Waals surface area (Å²) in [6.07, 6.45) is 5.56. The number of nitrogens with zero attached hydrogens (tertiary/aromatic N) is 2. The molecule has 2 aromatic carbocycles. The van der Waals surface area contributed by atoms with Crippen LogP contribution in [0.3, 0.4) is 0 Å². The van der Waals surface area contributed by atoms with Gasteiger partial charge in [0.15, 0.2) is 11.5 Å². The second kappa shape index (κ2) is 12.2. The number of amides is 1. The average Bonchev–Trinajstić information content (AvgIpc) is 3.01. The van der Waals surface area contributed by atoms with Gasteiger partial charge in [-0.25, -0.2) is 4.98 Å². The molecule has 0 spiro atoms. The molecule has 2 aliphatic rings. The lowest BCUT2D eigenvalue weighted by atomic mass is 9.72. The molecule has 1 aliphatic carbocycles. The normalized spacial score (nSPS) is 20.2. The summed E-state index contributed by atoms with van der Waals surface area (Å²) >= 11 is 0. The molecule has 0 bridgehead atoms. The quantitative estimate of drug-likeness (QED) is 0.355. The Hall–Kier alpha value is -4.37. The standard InChI is InChI=1S/C33H38N4O5/c1-5-22-12-13-25(29(38)23(22)6-2)34-31(40)33(20-21-10-8-7-9-11-21)14-16-37(17-15-33)32-35-26-19-28(42-4)27(41-3)18-24(26)30(39)36-32/h5-11,18-19,25,29,38H,1-2,12-17,20H2,3-4H3,(H,34,40)(H,35,36,39). The molecule has 9 nitrogen and oxygen atoms in total. The van der Waals surface area contributed by atoms with Gasteiger partial charge in [0, 0.05) is 19.2 Å². The molecule has 1 amide bonds. The number of benzene rings is 2. The zero-order valence-electron chi connectivity index (χ0n) is 24.2. The van der Waals surface area contributed by atoms with Crippen LogP contribution in [-0.2, 0) is 11.2 Å². The molecule has 3 aromatic rings. The van der Waals surface area contributed by atoms with Crippen molar-refractivity contribution >= 4 is 22.8 Å². The summed E-state index contributed by atoms with van der Waals surface area (Å²) in [5, 5.41) is 14.7. The van der Waals surface area contributed by atoms with Crippen molar-refractivity contribution in [2.75, 3.05) is 32.2 Å². The van der Waals surface area contributed by atoms with Crippen molar-refractivity contribution in [3.8, 4) is 11.5 Å². The lowest BCUT2D eigenvalue weighted by Crippen LogP contribution is -2.55. The molecule has 0 radical (unpaired) electrons. The van der Waals surface area contributed by atoms with Gasteiger partial charge in [-0.2, -0.15) is 0 Å². The minimum Gasteiger partial charge on any atom is -0.493 e. The van der Waals surface area contributed by atoms with Crippen LogP contribution in [0.5, 0.6) is 11.5 Å². The fourth-order valence-corrected chi connectivity index (χ4v) is 6.18. The van der Waals surface area contributed by atoms with Gasteiger partial charge < -0.3 is 24.8 Å². The van der Waals surface area contributed by atoms with Gasteiger partial charge >= 0.3 is 0 Å². The molecular weight excluding hydrogens is 532 g/mol. The maximum Gasteiger partial charge on any atom is 0.260 e. The van der Waals surface area contributed by atoms with Crippen molar-refractivity contribution in [1.82, 2.24) is 15.3 Å². The molecule has 0 saturated carbocycles. The summed E-state index contributed by atoms with van der Waals surface area (Å²) in [6.45, 7) is 8.76. The molecule has 2 atom stereocenters. The van der Waals surface area contributed by atoms with Crippen molar-refractivity contribution in [3.63, 3.8) is 0 Å². The highest BCUT2D eigenvalue weighted by Gasteiger charge is 2.43. The number of fused-ring (bicyclic) bond motifs is 1. The van der Waals surface area contributed by atoms with Crippen LogP contribution in [-0.4, -0.2) is 60.4 Å². The zero-order chi connectivity index (χ0) is 29.9. The number of nitrogens with one attached hydrogen (secondary N) is 2. The van der Waals surface area contributed by atoms with Crippen LogP contribution < -0.4 is 25.2 Å². The summed E-state index contributed by atoms with van der Waals surface area (Å²) in [5.74, 6) is 1.33. The number of rotatable bonds is 9. The first-order valence-electron chi connectivity index (χ1n) is 14.2. The van der Waals surface area contributed by atoms with E-state index in [9.17, 15) is 14.7 Å². The molecule has 2 heterocycles. The van der Waals surface area contributed by atoms with Crippen molar-refractivity contribution in [2.24, 2.45) is 5.41 Å². The summed E-state index contributed by atoms with van der Waals surface area (Å²) < 4.78 is 10.8. The van der Waals surface area contributed by atoms with Crippen LogP contribution in [0.25, 0.3) is 10.9 Å². The van der Waals surface area contributed by atoms with E-state index >= 15 is 0 Å². The number of allylic oxidation sites excluding steroid dienone is 2. The number of piperidine rings is 1. The Morgan fingerprint density at radius 3 is 2.48 bits per heavy atom. The minimum atomic E-state index is -0.843. The third kappa shape index (κ3) is 5.56. The number of methoxy groups -OCH3 is 2. The average molecular weight is 571 g/mol. The number of aliphatic hydroxyl groups is 1. The van der Waals surface area contributed by atoms with Crippen molar-refractivity contribution in [2.45, 2.75) is 44.2 Å². The maximum atomic E-state index is 14.1. The number of carbonyl (C=O) groups excluding carboxylic acids is 1. The van der Waals surface area contributed by atoms with E-state index in [1.165, 1.54) is 7.11 Å². The number of carbonyl (C=O) groups is 1. The number of ether oxygens (including phenoxy) is 2. The predicted octanol–water partition coefficient (Wildman–Crippen LogP) is 4.08. The highest BCUT2D eigenvalue weighted by atomic mass is 16.5. The van der Waals surface area contributed by atoms with Crippen LogP contribution >= 0.6 is 0 Å². The van der Waals surface area contributed by atoms with Crippen LogP contribution in [0.2, 0.25) is 0 Å². The van der Waals surface area contributed by atoms with Gasteiger partial charge in [-0.15, -0.1) is 0 Å². The Balaban J connectivity index is 1.40. The smallest absolute Gasteiger partial charge is 0.260 e. The SMILES string of the molecule is C=CC1=C(C=C)C(O)C(NC(=O)C2(Cc3ccccc3)CCN(c3nc4cc(OC)c(OC)cc4c(=O)[nH]3)CC2)CC1. The Labute approximate surface area is 245 Å². The van der Waals surface area contributed by atoms with Crippen LogP contribution in [0.1, 0.15) is 31.2 Å². The highest BCUT2D eigenvalue weighted by molar-refractivity contribution is 5.84. The molecule has 42 heavy (non-hydrogen) atoms. The Bertz CT molecular complexity index is 1570. The lowest BCUT2D eigenvalue weighted by molar-refractivity contribution is -0.134. The summed E-state index contributed by atoms with van der Waals surface area (Å²) in [6, 6.07) is 12.9. The summed E-state index contributed by atoms with van der Waals surface area (Å²) in [4.78, 5) is 36.8. The molecule has 9 heteroatoms. The topological polar surface area (TPSA) is 117 Å². The van der Waals surface area contributed by atoms with Gasteiger partial charge in [0.25, 0.3) is 5.56 Å². The third-order valence-corrected chi connectivity index (χ3v) is 8.66. The first-order valence-corrected chi connectivity index (χ1v) is 14.2. The number of anilines is 1. The Morgan fingerprint density at radius 2 is 1.83 bits per heavy atom. The largest absolute Gasteiger partial charge is 0.493 e. The fraction of sp³-hybridized carbons (Fsp3) is 0.364. The van der Waals surface area contributed by atoms with E-state index in [-0.39, 0.29) is 11.5 Å². The molecule has 3 N–H and O–H groups in total. The monoisotopic (exact) mass is 570 g/mol. The molecule has 1 aliphatic heterocycles. The predicted molar refractivity (Wildman–Crippen MR) is 164 cm³/mol. The number of aliphatic hydroxyl groups excluding tert-OH is 1. The van der Waals surface area contributed by atoms with Gasteiger partial charge in [0.2, 0.25) is 11.9 Å². The number of aromatic nitrogens is 2. The Kier molecular flexibility index (Phi) is 8.49. The van der Waals surface area contributed by atoms with Gasteiger partial charge in [-0.1, -0.05) is 55.6 Å². The maximum absolute atomic E-state index is 14.1. The summed E-state index contributed by atoms with van der Waals surface area (Å²) in [5.41, 5.74) is 2.29. The number of H-pyrrole nitrogens is 1. The fourth-order valence-electron chi connectivity index (χ4n) is 6.18. The van der Waals surface area contributed by atoms with Crippen molar-refractivity contribution < 1.29 is 19.4 Å². The van der Waals surface area contributed by atoms with Gasteiger partial charge in [-0.05, 0) is 54.9 Å². The van der Waals surface area contributed by atoms with E-state index in [4.69, 9.17) is 14.5 Å². The van der Waals surface area contributed by atoms with Gasteiger partial charge in [0.1, 0.15) is 0 Å². The molecular formula is C33H38N4O5. The minimum absolute atomic E-state index is 0.0719. The molecule has 1 saturated heterocycles. The number of hydrogen-bond donors (Lipinski definition) is 3. The van der Waals surface area contributed by atoms with E-state index in [2.05, 4.69) is 23.5 Å². The van der Waals surface area contributed by atoms with E-state index in [0.717, 1.165) is 11.1 Å². The van der Waals surface area contributed by atoms with Crippen LogP contribution in [0.4, 0.5) is 5.95 Å². The highest BCUT2D eigenvalue weighted by Crippen LogP contribution is 2.38. The molecule has 5 rings (SSSR count). The first-order chi connectivity index (χ1) is 20.3. The molecule has 2 unspecified atom stereocenters. The van der Waals surface area contributed by atoms with E-state index in [1.807, 2.05) is 35.2 Å². The first kappa shape index (κ1) is 29.1. The third-order valence-electron chi connectivity index (χ3n) is 8.66. The second-order valence-electron chi connectivity index (χ2n) is 11.0. The van der Waals surface area contributed by atoms with E-state index in [0.29, 0.717) is 79.1 Å². The van der Waals surface area contributed by atoms with E-state index in [1.54, 1.807) is 31.4 Å². The van der Waals surface area contributed by atoms with Crippen molar-refractivity contribution in [1.29, 1.82) is 0 Å². The number of aromatic amines is 1. The van der Waals surface area contributed by atoms with Crippen molar-refractivity contribution in [3.05, 3.63) is 94.8 Å². The molecule has 1 aromatic heterocycles. The van der Waals surface area contributed by atoms with E-state index < -0.39 is 17.6 Å². The molecule has 220 valence electrons. The molecule has 1 fully saturated rings. The van der Waals surface area contributed by atoms with Gasteiger partial charge in [0.05, 0.1) is 42.7 Å². The number of hydrogen-bond acceptors (Lipinski definition) is 7. The van der Waals surface area contributed by atoms with Crippen LogP contribution in [0.15, 0.2) is 83.7 Å². The Morgan fingerprint density at radius 1 is 1.14 bits per heavy atom.